The predicted molar refractivity (Wildman–Crippen MR) is 131 cm³/mol. The fraction of sp³-hybridized carbons (Fsp3) is 0.192. The fourth-order valence-corrected chi connectivity index (χ4v) is 4.42. The van der Waals surface area contributed by atoms with Crippen molar-refractivity contribution in [2.75, 3.05) is 25.8 Å². The molecule has 1 N–H and O–H groups in total. The zero-order valence-electron chi connectivity index (χ0n) is 18.4. The second-order valence-corrected chi connectivity index (χ2v) is 8.29. The van der Waals surface area contributed by atoms with E-state index >= 15 is 0 Å². The number of amides is 1. The Bertz CT molecular complexity index is 1230. The second kappa shape index (κ2) is 9.83. The summed E-state index contributed by atoms with van der Waals surface area (Å²) in [5.41, 5.74) is 3.99. The van der Waals surface area contributed by atoms with E-state index in [9.17, 15) is 4.79 Å². The highest BCUT2D eigenvalue weighted by atomic mass is 32.2. The number of carbonyl (C=O) groups is 1. The first-order chi connectivity index (χ1) is 15.6. The lowest BCUT2D eigenvalue weighted by Crippen LogP contribution is -2.14. The third-order valence-electron chi connectivity index (χ3n) is 5.37. The Balaban J connectivity index is 1.61. The zero-order chi connectivity index (χ0) is 22.5. The molecular weight excluding hydrogens is 420 g/mol. The van der Waals surface area contributed by atoms with Gasteiger partial charge in [0.05, 0.1) is 26.3 Å². The maximum Gasteiger partial charge on any atom is 0.228 e. The summed E-state index contributed by atoms with van der Waals surface area (Å²) in [4.78, 5) is 13.9. The molecule has 164 valence electrons. The smallest absolute Gasteiger partial charge is 0.228 e. The lowest BCUT2D eigenvalue weighted by atomic mass is 10.1. The van der Waals surface area contributed by atoms with Gasteiger partial charge in [-0.3, -0.25) is 4.79 Å². The number of nitrogens with one attached hydrogen (secondary N) is 1. The number of hydrogen-bond donors (Lipinski definition) is 1. The molecule has 0 saturated carbocycles. The van der Waals surface area contributed by atoms with Crippen LogP contribution in [0.5, 0.6) is 11.5 Å². The molecule has 1 heterocycles. The minimum absolute atomic E-state index is 0.0301. The summed E-state index contributed by atoms with van der Waals surface area (Å²) in [5, 5.41) is 4.14. The van der Waals surface area contributed by atoms with E-state index in [1.807, 2.05) is 60.9 Å². The van der Waals surface area contributed by atoms with Crippen LogP contribution in [0.4, 0.5) is 5.69 Å². The van der Waals surface area contributed by atoms with Gasteiger partial charge in [0, 0.05) is 34.6 Å². The summed E-state index contributed by atoms with van der Waals surface area (Å²) >= 11 is 1.62. The lowest BCUT2D eigenvalue weighted by molar-refractivity contribution is -0.115. The van der Waals surface area contributed by atoms with E-state index in [1.165, 1.54) is 0 Å². The van der Waals surface area contributed by atoms with Crippen LogP contribution < -0.4 is 14.8 Å². The van der Waals surface area contributed by atoms with Crippen LogP contribution in [-0.4, -0.2) is 30.9 Å². The van der Waals surface area contributed by atoms with E-state index in [4.69, 9.17) is 9.47 Å². The third kappa shape index (κ3) is 4.75. The summed E-state index contributed by atoms with van der Waals surface area (Å²) in [6.45, 7) is 0.644. The van der Waals surface area contributed by atoms with E-state index in [2.05, 4.69) is 28.2 Å². The summed E-state index contributed by atoms with van der Waals surface area (Å²) in [6, 6.07) is 21.9. The van der Waals surface area contributed by atoms with Crippen molar-refractivity contribution in [3.05, 3.63) is 84.1 Å². The number of benzene rings is 3. The topological polar surface area (TPSA) is 52.5 Å². The van der Waals surface area contributed by atoms with Gasteiger partial charge in [0.2, 0.25) is 5.91 Å². The van der Waals surface area contributed by atoms with Gasteiger partial charge in [0.25, 0.3) is 0 Å². The molecule has 1 aromatic heterocycles. The maximum atomic E-state index is 12.9. The van der Waals surface area contributed by atoms with Crippen LogP contribution in [-0.2, 0) is 17.8 Å². The Hall–Kier alpha value is -3.38. The molecule has 0 aliphatic carbocycles. The van der Waals surface area contributed by atoms with Crippen LogP contribution in [0.1, 0.15) is 11.1 Å². The Kier molecular flexibility index (Phi) is 6.71. The highest BCUT2D eigenvalue weighted by Gasteiger charge is 2.14. The van der Waals surface area contributed by atoms with Crippen LogP contribution in [0.3, 0.4) is 0 Å². The number of hydrogen-bond acceptors (Lipinski definition) is 4. The molecule has 32 heavy (non-hydrogen) atoms. The second-order valence-electron chi connectivity index (χ2n) is 7.45. The van der Waals surface area contributed by atoms with Crippen LogP contribution in [0, 0.1) is 0 Å². The zero-order valence-corrected chi connectivity index (χ0v) is 19.2. The van der Waals surface area contributed by atoms with Gasteiger partial charge in [-0.05, 0) is 47.7 Å². The van der Waals surface area contributed by atoms with E-state index in [1.54, 1.807) is 26.0 Å². The molecule has 5 nitrogen and oxygen atoms in total. The predicted octanol–water partition coefficient (Wildman–Crippen LogP) is 5.61. The molecule has 0 aliphatic rings. The number of rotatable bonds is 8. The normalized spacial score (nSPS) is 10.8. The summed E-state index contributed by atoms with van der Waals surface area (Å²) in [7, 11) is 3.30. The Labute approximate surface area is 192 Å². The van der Waals surface area contributed by atoms with Gasteiger partial charge in [-0.1, -0.05) is 30.3 Å². The first kappa shape index (κ1) is 21.8. The number of aromatic nitrogens is 1. The van der Waals surface area contributed by atoms with Crippen molar-refractivity contribution in [1.29, 1.82) is 0 Å². The molecule has 3 aromatic carbocycles. The van der Waals surface area contributed by atoms with E-state index in [0.717, 1.165) is 44.1 Å². The number of thioether (sulfide) groups is 1. The highest BCUT2D eigenvalue weighted by Crippen LogP contribution is 2.28. The van der Waals surface area contributed by atoms with Gasteiger partial charge >= 0.3 is 0 Å². The number of ether oxygens (including phenoxy) is 2. The number of para-hydroxylation sites is 2. The van der Waals surface area contributed by atoms with Gasteiger partial charge < -0.3 is 19.4 Å². The molecule has 0 radical (unpaired) electrons. The highest BCUT2D eigenvalue weighted by molar-refractivity contribution is 7.98. The largest absolute Gasteiger partial charge is 0.497 e. The van der Waals surface area contributed by atoms with Crippen molar-refractivity contribution in [1.82, 2.24) is 4.57 Å². The Morgan fingerprint density at radius 1 is 0.969 bits per heavy atom. The van der Waals surface area contributed by atoms with Crippen molar-refractivity contribution in [2.24, 2.45) is 0 Å². The van der Waals surface area contributed by atoms with E-state index in [0.29, 0.717) is 13.0 Å². The molecule has 0 bridgehead atoms. The minimum atomic E-state index is -0.0301. The van der Waals surface area contributed by atoms with Crippen LogP contribution in [0.25, 0.3) is 10.9 Å². The van der Waals surface area contributed by atoms with E-state index < -0.39 is 0 Å². The first-order valence-electron chi connectivity index (χ1n) is 10.3. The monoisotopic (exact) mass is 446 g/mol. The fourth-order valence-electron chi connectivity index (χ4n) is 3.86. The SMILES string of the molecule is COc1cc(Cn2cc(CC(=O)Nc3ccccc3SC)c3ccccc32)cc(OC)c1. The number of carbonyl (C=O) groups excluding carboxylic acids is 1. The third-order valence-corrected chi connectivity index (χ3v) is 6.16. The van der Waals surface area contributed by atoms with Gasteiger partial charge in [-0.15, -0.1) is 11.8 Å². The Morgan fingerprint density at radius 2 is 1.66 bits per heavy atom. The Morgan fingerprint density at radius 3 is 2.38 bits per heavy atom. The molecule has 1 amide bonds. The molecule has 0 saturated heterocycles. The van der Waals surface area contributed by atoms with E-state index in [-0.39, 0.29) is 5.91 Å². The summed E-state index contributed by atoms with van der Waals surface area (Å²) in [6.07, 6.45) is 4.38. The molecule has 0 aliphatic heterocycles. The first-order valence-corrected chi connectivity index (χ1v) is 11.6. The lowest BCUT2D eigenvalue weighted by Gasteiger charge is -2.10. The number of methoxy groups -OCH3 is 2. The minimum Gasteiger partial charge on any atom is -0.497 e. The molecule has 0 atom stereocenters. The van der Waals surface area contributed by atoms with Crippen molar-refractivity contribution >= 4 is 34.3 Å². The van der Waals surface area contributed by atoms with Crippen molar-refractivity contribution in [2.45, 2.75) is 17.9 Å². The van der Waals surface area contributed by atoms with Crippen LogP contribution >= 0.6 is 11.8 Å². The molecular formula is C26H26N2O3S. The average Bonchev–Trinajstić information content (AvgIpc) is 3.16. The standard InChI is InChI=1S/C26H26N2O3S/c1-30-20-12-18(13-21(15-20)31-2)16-28-17-19(22-8-4-6-10-24(22)28)14-26(29)27-23-9-5-7-11-25(23)32-3/h4-13,15,17H,14,16H2,1-3H3,(H,27,29). The number of fused-ring (bicyclic) bond motifs is 1. The molecule has 0 unspecified atom stereocenters. The summed E-state index contributed by atoms with van der Waals surface area (Å²) in [5.74, 6) is 1.48. The van der Waals surface area contributed by atoms with Crippen LogP contribution in [0.2, 0.25) is 0 Å². The van der Waals surface area contributed by atoms with Crippen molar-refractivity contribution < 1.29 is 14.3 Å². The number of anilines is 1. The van der Waals surface area contributed by atoms with Crippen molar-refractivity contribution in [3.8, 4) is 11.5 Å². The van der Waals surface area contributed by atoms with Gasteiger partial charge in [0.1, 0.15) is 11.5 Å². The molecule has 4 aromatic rings. The quantitative estimate of drug-likeness (QED) is 0.358. The molecule has 0 spiro atoms. The maximum absolute atomic E-state index is 12.9. The van der Waals surface area contributed by atoms with Gasteiger partial charge in [-0.25, -0.2) is 0 Å². The van der Waals surface area contributed by atoms with Gasteiger partial charge in [0.15, 0.2) is 0 Å². The molecule has 0 fully saturated rings. The average molecular weight is 447 g/mol. The van der Waals surface area contributed by atoms with Gasteiger partial charge in [-0.2, -0.15) is 0 Å². The summed E-state index contributed by atoms with van der Waals surface area (Å²) < 4.78 is 13.0. The number of nitrogens with zero attached hydrogens (tertiary/aromatic N) is 1. The molecule has 4 rings (SSSR count). The molecule has 6 heteroatoms. The van der Waals surface area contributed by atoms with Crippen LogP contribution in [0.15, 0.2) is 77.8 Å². The van der Waals surface area contributed by atoms with Crippen molar-refractivity contribution in [3.63, 3.8) is 0 Å².